The molecule has 1 aromatic carbocycles. The standard InChI is InChI=1S/C15H25ClFN3/c1-4-20(9-5-8-19(2)3)15(11-18)12-6-7-14(17)13(16)10-12/h6-7,10,15H,4-5,8-9,11,18H2,1-3H3. The number of benzene rings is 1. The number of nitrogens with zero attached hydrogens (tertiary/aromatic N) is 2. The van der Waals surface area contributed by atoms with Gasteiger partial charge in [-0.05, 0) is 51.3 Å². The van der Waals surface area contributed by atoms with Crippen LogP contribution < -0.4 is 5.73 Å². The average Bonchev–Trinajstić information content (AvgIpc) is 2.41. The van der Waals surface area contributed by atoms with E-state index in [0.717, 1.165) is 31.6 Å². The first kappa shape index (κ1) is 17.4. The summed E-state index contributed by atoms with van der Waals surface area (Å²) in [6.07, 6.45) is 1.08. The van der Waals surface area contributed by atoms with Gasteiger partial charge in [0, 0.05) is 19.1 Å². The zero-order valence-corrected chi connectivity index (χ0v) is 13.3. The Balaban J connectivity index is 2.77. The third-order valence-electron chi connectivity index (χ3n) is 3.45. The molecule has 0 aromatic heterocycles. The number of hydrogen-bond acceptors (Lipinski definition) is 3. The van der Waals surface area contributed by atoms with Crippen molar-refractivity contribution in [1.29, 1.82) is 0 Å². The number of hydrogen-bond donors (Lipinski definition) is 1. The lowest BCUT2D eigenvalue weighted by molar-refractivity contribution is 0.201. The summed E-state index contributed by atoms with van der Waals surface area (Å²) in [5.74, 6) is -0.387. The predicted molar refractivity (Wildman–Crippen MR) is 83.6 cm³/mol. The van der Waals surface area contributed by atoms with Gasteiger partial charge in [-0.3, -0.25) is 4.90 Å². The van der Waals surface area contributed by atoms with Gasteiger partial charge in [-0.1, -0.05) is 24.6 Å². The molecule has 0 aliphatic rings. The lowest BCUT2D eigenvalue weighted by Gasteiger charge is -2.30. The number of nitrogens with two attached hydrogens (primary N) is 1. The van der Waals surface area contributed by atoms with E-state index in [1.807, 2.05) is 0 Å². The summed E-state index contributed by atoms with van der Waals surface area (Å²) in [6, 6.07) is 4.95. The molecule has 5 heteroatoms. The van der Waals surface area contributed by atoms with E-state index < -0.39 is 0 Å². The van der Waals surface area contributed by atoms with E-state index in [4.69, 9.17) is 17.3 Å². The highest BCUT2D eigenvalue weighted by Gasteiger charge is 2.18. The van der Waals surface area contributed by atoms with Gasteiger partial charge >= 0.3 is 0 Å². The lowest BCUT2D eigenvalue weighted by Crippen LogP contribution is -2.35. The Labute approximate surface area is 126 Å². The molecule has 0 saturated heterocycles. The molecule has 0 radical (unpaired) electrons. The highest BCUT2D eigenvalue weighted by atomic mass is 35.5. The summed E-state index contributed by atoms with van der Waals surface area (Å²) < 4.78 is 13.3. The zero-order valence-electron chi connectivity index (χ0n) is 12.6. The van der Waals surface area contributed by atoms with Crippen LogP contribution in [0.3, 0.4) is 0 Å². The minimum absolute atomic E-state index is 0.0836. The molecule has 0 amide bonds. The first-order chi connectivity index (χ1) is 9.49. The molecule has 0 bridgehead atoms. The van der Waals surface area contributed by atoms with E-state index >= 15 is 0 Å². The molecule has 0 fully saturated rings. The first-order valence-electron chi connectivity index (χ1n) is 7.03. The van der Waals surface area contributed by atoms with Crippen molar-refractivity contribution in [3.05, 3.63) is 34.6 Å². The van der Waals surface area contributed by atoms with E-state index in [1.54, 1.807) is 12.1 Å². The second kappa shape index (κ2) is 8.57. The summed E-state index contributed by atoms with van der Waals surface area (Å²) in [4.78, 5) is 4.48. The van der Waals surface area contributed by atoms with Gasteiger partial charge in [-0.25, -0.2) is 4.39 Å². The highest BCUT2D eigenvalue weighted by molar-refractivity contribution is 6.30. The average molecular weight is 302 g/mol. The molecule has 114 valence electrons. The molecule has 3 nitrogen and oxygen atoms in total. The fraction of sp³-hybridized carbons (Fsp3) is 0.600. The third-order valence-corrected chi connectivity index (χ3v) is 3.74. The van der Waals surface area contributed by atoms with Crippen molar-refractivity contribution in [2.45, 2.75) is 19.4 Å². The maximum atomic E-state index is 13.3. The maximum Gasteiger partial charge on any atom is 0.141 e. The number of halogens is 2. The van der Waals surface area contributed by atoms with Crippen molar-refractivity contribution in [2.75, 3.05) is 40.3 Å². The molecule has 2 N–H and O–H groups in total. The van der Waals surface area contributed by atoms with Gasteiger partial charge in [0.15, 0.2) is 0 Å². The van der Waals surface area contributed by atoms with Gasteiger partial charge < -0.3 is 10.6 Å². The first-order valence-corrected chi connectivity index (χ1v) is 7.41. The number of likely N-dealkylation sites (N-methyl/N-ethyl adjacent to an activating group) is 1. The molecule has 0 saturated carbocycles. The van der Waals surface area contributed by atoms with Crippen LogP contribution in [0.25, 0.3) is 0 Å². The van der Waals surface area contributed by atoms with Gasteiger partial charge in [0.05, 0.1) is 5.02 Å². The van der Waals surface area contributed by atoms with Crippen LogP contribution in [-0.4, -0.2) is 50.1 Å². The summed E-state index contributed by atoms with van der Waals surface area (Å²) >= 11 is 5.87. The molecule has 0 aliphatic carbocycles. The van der Waals surface area contributed by atoms with Crippen molar-refractivity contribution >= 4 is 11.6 Å². The smallest absolute Gasteiger partial charge is 0.141 e. The fourth-order valence-corrected chi connectivity index (χ4v) is 2.53. The van der Waals surface area contributed by atoms with Crippen LogP contribution in [0.5, 0.6) is 0 Å². The Morgan fingerprint density at radius 3 is 2.50 bits per heavy atom. The van der Waals surface area contributed by atoms with Crippen molar-refractivity contribution in [3.8, 4) is 0 Å². The molecule has 1 atom stereocenters. The van der Waals surface area contributed by atoms with Gasteiger partial charge in [-0.15, -0.1) is 0 Å². The van der Waals surface area contributed by atoms with E-state index in [-0.39, 0.29) is 16.9 Å². The van der Waals surface area contributed by atoms with Crippen LogP contribution in [-0.2, 0) is 0 Å². The Morgan fingerprint density at radius 1 is 1.30 bits per heavy atom. The van der Waals surface area contributed by atoms with Crippen LogP contribution in [0.4, 0.5) is 4.39 Å². The normalized spacial score (nSPS) is 13.2. The molecule has 0 aliphatic heterocycles. The second-order valence-electron chi connectivity index (χ2n) is 5.21. The lowest BCUT2D eigenvalue weighted by atomic mass is 10.0. The van der Waals surface area contributed by atoms with Gasteiger partial charge in [-0.2, -0.15) is 0 Å². The predicted octanol–water partition coefficient (Wildman–Crippen LogP) is 2.75. The summed E-state index contributed by atoms with van der Waals surface area (Å²) in [5, 5.41) is 0.158. The second-order valence-corrected chi connectivity index (χ2v) is 5.62. The minimum Gasteiger partial charge on any atom is -0.329 e. The van der Waals surface area contributed by atoms with E-state index in [2.05, 4.69) is 30.8 Å². The highest BCUT2D eigenvalue weighted by Crippen LogP contribution is 2.24. The molecule has 1 rings (SSSR count). The van der Waals surface area contributed by atoms with Gasteiger partial charge in [0.1, 0.15) is 5.82 Å². The van der Waals surface area contributed by atoms with Crippen LogP contribution >= 0.6 is 11.6 Å². The fourth-order valence-electron chi connectivity index (χ4n) is 2.34. The van der Waals surface area contributed by atoms with Crippen molar-refractivity contribution < 1.29 is 4.39 Å². The molecular formula is C15H25ClFN3. The Bertz CT molecular complexity index is 412. The zero-order chi connectivity index (χ0) is 15.1. The van der Waals surface area contributed by atoms with Crippen LogP contribution in [0, 0.1) is 5.82 Å². The van der Waals surface area contributed by atoms with E-state index in [9.17, 15) is 4.39 Å². The van der Waals surface area contributed by atoms with Crippen molar-refractivity contribution in [2.24, 2.45) is 5.73 Å². The molecule has 0 spiro atoms. The van der Waals surface area contributed by atoms with E-state index in [1.165, 1.54) is 6.07 Å². The quantitative estimate of drug-likeness (QED) is 0.801. The summed E-state index contributed by atoms with van der Waals surface area (Å²) in [6.45, 7) is 5.52. The molecular weight excluding hydrogens is 277 g/mol. The van der Waals surface area contributed by atoms with E-state index in [0.29, 0.717) is 6.54 Å². The molecule has 1 aromatic rings. The van der Waals surface area contributed by atoms with Gasteiger partial charge in [0.2, 0.25) is 0 Å². The van der Waals surface area contributed by atoms with Crippen LogP contribution in [0.1, 0.15) is 24.9 Å². The Morgan fingerprint density at radius 2 is 2.00 bits per heavy atom. The van der Waals surface area contributed by atoms with Crippen molar-refractivity contribution in [1.82, 2.24) is 9.80 Å². The topological polar surface area (TPSA) is 32.5 Å². The molecule has 20 heavy (non-hydrogen) atoms. The SMILES string of the molecule is CCN(CCCN(C)C)C(CN)c1ccc(F)c(Cl)c1. The Hall–Kier alpha value is -0.680. The van der Waals surface area contributed by atoms with Gasteiger partial charge in [0.25, 0.3) is 0 Å². The minimum atomic E-state index is -0.387. The summed E-state index contributed by atoms with van der Waals surface area (Å²) in [5.41, 5.74) is 6.89. The van der Waals surface area contributed by atoms with Crippen molar-refractivity contribution in [3.63, 3.8) is 0 Å². The largest absolute Gasteiger partial charge is 0.329 e. The molecule has 1 unspecified atom stereocenters. The monoisotopic (exact) mass is 301 g/mol. The third kappa shape index (κ3) is 5.02. The maximum absolute atomic E-state index is 13.3. The number of rotatable bonds is 8. The van der Waals surface area contributed by atoms with Crippen LogP contribution in [0.15, 0.2) is 18.2 Å². The molecule has 0 heterocycles. The Kier molecular flexibility index (Phi) is 7.45. The summed E-state index contributed by atoms with van der Waals surface area (Å²) in [7, 11) is 4.13. The van der Waals surface area contributed by atoms with Crippen LogP contribution in [0.2, 0.25) is 5.02 Å².